The van der Waals surface area contributed by atoms with E-state index in [-0.39, 0.29) is 59.6 Å². The van der Waals surface area contributed by atoms with Gasteiger partial charge in [0.1, 0.15) is 0 Å². The molecule has 172 valence electrons. The molecule has 4 rings (SSSR count). The Labute approximate surface area is 187 Å². The minimum atomic E-state index is -0.604. The van der Waals surface area contributed by atoms with Crippen molar-refractivity contribution in [2.75, 3.05) is 19.8 Å². The summed E-state index contributed by atoms with van der Waals surface area (Å²) < 4.78 is 16.6. The summed E-state index contributed by atoms with van der Waals surface area (Å²) in [5.41, 5.74) is 0.166. The van der Waals surface area contributed by atoms with Crippen molar-refractivity contribution >= 4 is 23.3 Å². The molecular formula is C22H20N2O9. The number of carbonyl (C=O) groups excluding carboxylic acids is 2. The van der Waals surface area contributed by atoms with Crippen LogP contribution in [-0.4, -0.2) is 47.7 Å². The molecule has 2 aromatic rings. The second-order valence-electron chi connectivity index (χ2n) is 7.92. The molecule has 1 aliphatic heterocycles. The Balaban J connectivity index is 1.33. The van der Waals surface area contributed by atoms with Crippen molar-refractivity contribution in [3.8, 4) is 0 Å². The first-order valence-corrected chi connectivity index (χ1v) is 10.3. The number of hydrogen-bond acceptors (Lipinski definition) is 9. The largest absolute Gasteiger partial charge is 0.462 e. The number of non-ortho nitro benzene ring substituents is 2. The number of nitro groups is 2. The minimum Gasteiger partial charge on any atom is -0.462 e. The highest BCUT2D eigenvalue weighted by Gasteiger charge is 2.54. The Morgan fingerprint density at radius 1 is 0.818 bits per heavy atom. The Bertz CT molecular complexity index is 983. The molecule has 11 nitrogen and oxygen atoms in total. The fourth-order valence-corrected chi connectivity index (χ4v) is 4.36. The van der Waals surface area contributed by atoms with Crippen LogP contribution in [-0.2, 0) is 14.2 Å². The van der Waals surface area contributed by atoms with Crippen LogP contribution in [0, 0.1) is 38.0 Å². The van der Waals surface area contributed by atoms with Gasteiger partial charge in [0, 0.05) is 42.7 Å². The van der Waals surface area contributed by atoms with Crippen LogP contribution >= 0.6 is 0 Å². The van der Waals surface area contributed by atoms with E-state index in [0.717, 1.165) is 6.42 Å². The van der Waals surface area contributed by atoms with E-state index >= 15 is 0 Å². The van der Waals surface area contributed by atoms with Crippen molar-refractivity contribution in [3.63, 3.8) is 0 Å². The van der Waals surface area contributed by atoms with E-state index in [1.807, 2.05) is 0 Å². The Morgan fingerprint density at radius 3 is 1.73 bits per heavy atom. The van der Waals surface area contributed by atoms with E-state index in [0.29, 0.717) is 6.61 Å². The molecule has 4 atom stereocenters. The number of rotatable bonds is 8. The zero-order chi connectivity index (χ0) is 23.5. The summed E-state index contributed by atoms with van der Waals surface area (Å²) in [6.45, 7) is 0.756. The number of nitro benzene ring substituents is 2. The van der Waals surface area contributed by atoms with Crippen molar-refractivity contribution in [1.29, 1.82) is 0 Å². The maximum absolute atomic E-state index is 12.3. The third-order valence-corrected chi connectivity index (χ3v) is 6.15. The van der Waals surface area contributed by atoms with Gasteiger partial charge in [0.25, 0.3) is 11.4 Å². The summed E-state index contributed by atoms with van der Waals surface area (Å²) in [4.78, 5) is 45.0. The van der Waals surface area contributed by atoms with Crippen LogP contribution in [0.2, 0.25) is 0 Å². The topological polar surface area (TPSA) is 148 Å². The lowest BCUT2D eigenvalue weighted by molar-refractivity contribution is -0.385. The molecule has 0 amide bonds. The molecule has 2 aliphatic rings. The number of fused-ring (bicyclic) bond motifs is 1. The summed E-state index contributed by atoms with van der Waals surface area (Å²) in [5.74, 6) is -1.20. The van der Waals surface area contributed by atoms with Crippen LogP contribution < -0.4 is 0 Å². The minimum absolute atomic E-state index is 0.0517. The van der Waals surface area contributed by atoms with Gasteiger partial charge in [-0.25, -0.2) is 9.59 Å². The SMILES string of the molecule is O=C(OC[C@H]1[C@@H](COC(=O)c2ccc([N+](=O)[O-])cc2)[C@H]2OCC[C@@H]12)c1ccc([N+](=O)[O-])cc1. The van der Waals surface area contributed by atoms with Gasteiger partial charge in [-0.1, -0.05) is 0 Å². The molecule has 0 unspecified atom stereocenters. The van der Waals surface area contributed by atoms with Crippen LogP contribution in [0.3, 0.4) is 0 Å². The predicted octanol–water partition coefficient (Wildman–Crippen LogP) is 3.17. The zero-order valence-electron chi connectivity index (χ0n) is 17.3. The van der Waals surface area contributed by atoms with Gasteiger partial charge in [-0.3, -0.25) is 20.2 Å². The van der Waals surface area contributed by atoms with E-state index in [4.69, 9.17) is 14.2 Å². The number of esters is 2. The first-order valence-electron chi connectivity index (χ1n) is 10.3. The van der Waals surface area contributed by atoms with Crippen LogP contribution in [0.4, 0.5) is 11.4 Å². The lowest BCUT2D eigenvalue weighted by Crippen LogP contribution is -2.53. The molecule has 1 heterocycles. The number of nitrogens with zero attached hydrogens (tertiary/aromatic N) is 2. The van der Waals surface area contributed by atoms with E-state index in [2.05, 4.69) is 0 Å². The van der Waals surface area contributed by atoms with Gasteiger partial charge >= 0.3 is 11.9 Å². The van der Waals surface area contributed by atoms with Gasteiger partial charge in [-0.15, -0.1) is 0 Å². The number of hydrogen-bond donors (Lipinski definition) is 0. The molecule has 0 radical (unpaired) electrons. The van der Waals surface area contributed by atoms with Crippen LogP contribution in [0.25, 0.3) is 0 Å². The molecule has 2 aromatic carbocycles. The standard InChI is InChI=1S/C22H20N2O9/c25-21(13-1-5-15(6-2-13)23(27)28)32-11-18-17-9-10-31-20(17)19(18)12-33-22(26)14-3-7-16(8-4-14)24(29)30/h1-8,17-20H,9-12H2/t17-,18+,19+,20-/m0/s1. The summed E-state index contributed by atoms with van der Waals surface area (Å²) >= 11 is 0. The van der Waals surface area contributed by atoms with E-state index in [9.17, 15) is 29.8 Å². The zero-order valence-corrected chi connectivity index (χ0v) is 17.3. The summed E-state index contributed by atoms with van der Waals surface area (Å²) in [5, 5.41) is 21.5. The average Bonchev–Trinajstić information content (AvgIpc) is 3.23. The van der Waals surface area contributed by atoms with Gasteiger partial charge in [-0.05, 0) is 36.6 Å². The molecule has 2 fully saturated rings. The third kappa shape index (κ3) is 4.67. The molecular weight excluding hydrogens is 436 g/mol. The molecule has 11 heteroatoms. The molecule has 1 aliphatic carbocycles. The average molecular weight is 456 g/mol. The molecule has 0 aromatic heterocycles. The van der Waals surface area contributed by atoms with Crippen molar-refractivity contribution in [1.82, 2.24) is 0 Å². The molecule has 0 spiro atoms. The maximum Gasteiger partial charge on any atom is 0.338 e. The summed E-state index contributed by atoms with van der Waals surface area (Å²) in [7, 11) is 0. The summed E-state index contributed by atoms with van der Waals surface area (Å²) in [6.07, 6.45) is 0.731. The van der Waals surface area contributed by atoms with Crippen molar-refractivity contribution in [3.05, 3.63) is 79.9 Å². The number of benzene rings is 2. The van der Waals surface area contributed by atoms with Gasteiger partial charge in [-0.2, -0.15) is 0 Å². The lowest BCUT2D eigenvalue weighted by Gasteiger charge is -2.46. The van der Waals surface area contributed by atoms with Crippen molar-refractivity contribution < 1.29 is 33.6 Å². The van der Waals surface area contributed by atoms with E-state index < -0.39 is 21.8 Å². The Kier molecular flexibility index (Phi) is 6.31. The van der Waals surface area contributed by atoms with E-state index in [1.54, 1.807) is 0 Å². The van der Waals surface area contributed by atoms with Gasteiger partial charge in [0.05, 0.1) is 40.3 Å². The molecule has 0 N–H and O–H groups in total. The Morgan fingerprint density at radius 2 is 1.27 bits per heavy atom. The fourth-order valence-electron chi connectivity index (χ4n) is 4.36. The lowest BCUT2D eigenvalue weighted by atomic mass is 9.63. The van der Waals surface area contributed by atoms with Crippen molar-refractivity contribution in [2.24, 2.45) is 17.8 Å². The van der Waals surface area contributed by atoms with Crippen LogP contribution in [0.15, 0.2) is 48.5 Å². The van der Waals surface area contributed by atoms with Crippen LogP contribution in [0.1, 0.15) is 27.1 Å². The fraction of sp³-hybridized carbons (Fsp3) is 0.364. The summed E-state index contributed by atoms with van der Waals surface area (Å²) in [6, 6.07) is 10.3. The number of carbonyl (C=O) groups is 2. The highest BCUT2D eigenvalue weighted by molar-refractivity contribution is 5.90. The van der Waals surface area contributed by atoms with E-state index in [1.165, 1.54) is 48.5 Å². The molecule has 1 saturated heterocycles. The monoisotopic (exact) mass is 456 g/mol. The maximum atomic E-state index is 12.3. The third-order valence-electron chi connectivity index (χ3n) is 6.15. The first kappa shape index (κ1) is 22.3. The smallest absolute Gasteiger partial charge is 0.338 e. The Hall–Kier alpha value is -3.86. The highest BCUT2D eigenvalue weighted by atomic mass is 16.6. The van der Waals surface area contributed by atoms with Gasteiger partial charge < -0.3 is 14.2 Å². The number of ether oxygens (including phenoxy) is 3. The highest BCUT2D eigenvalue weighted by Crippen LogP contribution is 2.48. The quantitative estimate of drug-likeness (QED) is 0.332. The van der Waals surface area contributed by atoms with Crippen LogP contribution in [0.5, 0.6) is 0 Å². The van der Waals surface area contributed by atoms with Crippen molar-refractivity contribution in [2.45, 2.75) is 12.5 Å². The molecule has 33 heavy (non-hydrogen) atoms. The van der Waals surface area contributed by atoms with Gasteiger partial charge in [0.15, 0.2) is 0 Å². The predicted molar refractivity (Wildman–Crippen MR) is 112 cm³/mol. The van der Waals surface area contributed by atoms with Gasteiger partial charge in [0.2, 0.25) is 0 Å². The first-order chi connectivity index (χ1) is 15.8. The second kappa shape index (κ2) is 9.33. The normalized spacial score (nSPS) is 23.2. The molecule has 0 bridgehead atoms. The molecule has 1 saturated carbocycles. The second-order valence-corrected chi connectivity index (χ2v) is 7.92.